The SMILES string of the molecule is CCN1C(=O)C(O)C(C2(c3cccc(OC)c3)Nc3ccccc3C2=O)C1=O. The highest BCUT2D eigenvalue weighted by Crippen LogP contribution is 2.48. The van der Waals surface area contributed by atoms with Crippen LogP contribution in [0.4, 0.5) is 5.69 Å². The Morgan fingerprint density at radius 1 is 1.11 bits per heavy atom. The molecule has 2 aromatic rings. The summed E-state index contributed by atoms with van der Waals surface area (Å²) in [4.78, 5) is 40.2. The molecule has 0 aromatic heterocycles. The van der Waals surface area contributed by atoms with E-state index in [0.717, 1.165) is 4.90 Å². The maximum atomic E-state index is 13.6. The van der Waals surface area contributed by atoms with Crippen LogP contribution in [0.25, 0.3) is 0 Å². The fourth-order valence-corrected chi connectivity index (χ4v) is 4.19. The summed E-state index contributed by atoms with van der Waals surface area (Å²) < 4.78 is 5.29. The van der Waals surface area contributed by atoms with Gasteiger partial charge >= 0.3 is 0 Å². The first-order chi connectivity index (χ1) is 13.5. The summed E-state index contributed by atoms with van der Waals surface area (Å²) in [6, 6.07) is 13.7. The zero-order valence-corrected chi connectivity index (χ0v) is 15.5. The molecule has 3 atom stereocenters. The molecule has 2 aliphatic heterocycles. The number of anilines is 1. The Morgan fingerprint density at radius 2 is 1.86 bits per heavy atom. The lowest BCUT2D eigenvalue weighted by Gasteiger charge is -2.35. The monoisotopic (exact) mass is 380 g/mol. The lowest BCUT2D eigenvalue weighted by Crippen LogP contribution is -2.52. The van der Waals surface area contributed by atoms with Crippen molar-refractivity contribution in [3.05, 3.63) is 59.7 Å². The first-order valence-corrected chi connectivity index (χ1v) is 9.05. The summed E-state index contributed by atoms with van der Waals surface area (Å²) in [7, 11) is 1.50. The van der Waals surface area contributed by atoms with Gasteiger partial charge in [-0.1, -0.05) is 24.3 Å². The molecule has 144 valence electrons. The molecule has 0 saturated carbocycles. The molecule has 2 amide bonds. The van der Waals surface area contributed by atoms with E-state index in [1.165, 1.54) is 7.11 Å². The van der Waals surface area contributed by atoms with E-state index < -0.39 is 29.4 Å². The summed E-state index contributed by atoms with van der Waals surface area (Å²) in [5, 5.41) is 13.9. The zero-order chi connectivity index (χ0) is 20.1. The quantitative estimate of drug-likeness (QED) is 0.782. The first-order valence-electron chi connectivity index (χ1n) is 9.05. The second kappa shape index (κ2) is 6.45. The number of nitrogens with zero attached hydrogens (tertiary/aromatic N) is 1. The third-order valence-corrected chi connectivity index (χ3v) is 5.54. The van der Waals surface area contributed by atoms with E-state index in [1.807, 2.05) is 0 Å². The van der Waals surface area contributed by atoms with Crippen LogP contribution < -0.4 is 10.1 Å². The predicted octanol–water partition coefficient (Wildman–Crippen LogP) is 1.56. The minimum absolute atomic E-state index is 0.126. The highest BCUT2D eigenvalue weighted by molar-refractivity contribution is 6.19. The van der Waals surface area contributed by atoms with E-state index in [1.54, 1.807) is 55.5 Å². The summed E-state index contributed by atoms with van der Waals surface area (Å²) in [5.41, 5.74) is -0.185. The van der Waals surface area contributed by atoms with Crippen LogP contribution in [0.2, 0.25) is 0 Å². The fourth-order valence-electron chi connectivity index (χ4n) is 4.19. The second-order valence-electron chi connectivity index (χ2n) is 6.88. The van der Waals surface area contributed by atoms with Gasteiger partial charge in [-0.15, -0.1) is 0 Å². The van der Waals surface area contributed by atoms with Gasteiger partial charge in [0.25, 0.3) is 5.91 Å². The average molecular weight is 380 g/mol. The number of benzene rings is 2. The molecule has 4 rings (SSSR count). The number of ether oxygens (including phenoxy) is 1. The van der Waals surface area contributed by atoms with E-state index >= 15 is 0 Å². The van der Waals surface area contributed by atoms with Crippen molar-refractivity contribution in [2.75, 3.05) is 19.0 Å². The van der Waals surface area contributed by atoms with Gasteiger partial charge < -0.3 is 15.2 Å². The number of carbonyl (C=O) groups excluding carboxylic acids is 3. The number of fused-ring (bicyclic) bond motifs is 1. The standard InChI is InChI=1S/C21H20N2O5/c1-3-23-19(26)16(17(24)20(23)27)21(12-7-6-8-13(11-12)28-2)18(25)14-9-4-5-10-15(14)22-21/h4-11,16-17,22,24H,3H2,1-2H3. The van der Waals surface area contributed by atoms with Crippen LogP contribution in [-0.4, -0.2) is 47.4 Å². The Morgan fingerprint density at radius 3 is 2.50 bits per heavy atom. The number of likely N-dealkylation sites (N-methyl/N-ethyl adjacent to an activating group) is 1. The van der Waals surface area contributed by atoms with Crippen LogP contribution in [0.1, 0.15) is 22.8 Å². The molecule has 2 N–H and O–H groups in total. The molecule has 7 heteroatoms. The van der Waals surface area contributed by atoms with Gasteiger partial charge in [0.2, 0.25) is 5.91 Å². The van der Waals surface area contributed by atoms with Crippen molar-refractivity contribution in [2.24, 2.45) is 5.92 Å². The number of nitrogens with one attached hydrogen (secondary N) is 1. The van der Waals surface area contributed by atoms with Crippen LogP contribution >= 0.6 is 0 Å². The van der Waals surface area contributed by atoms with Gasteiger partial charge in [-0.2, -0.15) is 0 Å². The molecule has 1 saturated heterocycles. The van der Waals surface area contributed by atoms with Gasteiger partial charge in [0.05, 0.1) is 7.11 Å². The first kappa shape index (κ1) is 18.2. The zero-order valence-electron chi connectivity index (χ0n) is 15.5. The Balaban J connectivity index is 1.95. The van der Waals surface area contributed by atoms with Crippen molar-refractivity contribution in [3.8, 4) is 5.75 Å². The number of para-hydroxylation sites is 1. The van der Waals surface area contributed by atoms with E-state index in [4.69, 9.17) is 4.74 Å². The lowest BCUT2D eigenvalue weighted by molar-refractivity contribution is -0.140. The molecular weight excluding hydrogens is 360 g/mol. The van der Waals surface area contributed by atoms with Crippen LogP contribution in [0.5, 0.6) is 5.75 Å². The summed E-state index contributed by atoms with van der Waals surface area (Å²) >= 11 is 0. The Hall–Kier alpha value is -3.19. The number of hydrogen-bond donors (Lipinski definition) is 2. The number of amides is 2. The Labute approximate surface area is 161 Å². The van der Waals surface area contributed by atoms with Crippen LogP contribution in [0, 0.1) is 5.92 Å². The van der Waals surface area contributed by atoms with Crippen molar-refractivity contribution < 1.29 is 24.2 Å². The molecule has 0 radical (unpaired) electrons. The van der Waals surface area contributed by atoms with Crippen molar-refractivity contribution in [1.29, 1.82) is 0 Å². The van der Waals surface area contributed by atoms with Crippen LogP contribution in [0.15, 0.2) is 48.5 Å². The molecule has 0 bridgehead atoms. The van der Waals surface area contributed by atoms with Crippen molar-refractivity contribution >= 4 is 23.3 Å². The number of likely N-dealkylation sites (tertiary alicyclic amines) is 1. The smallest absolute Gasteiger partial charge is 0.258 e. The fraction of sp³-hybridized carbons (Fsp3) is 0.286. The minimum Gasteiger partial charge on any atom is -0.497 e. The van der Waals surface area contributed by atoms with Crippen molar-refractivity contribution in [1.82, 2.24) is 4.90 Å². The predicted molar refractivity (Wildman–Crippen MR) is 101 cm³/mol. The third kappa shape index (κ3) is 2.29. The number of Topliss-reactive ketones (excluding diaryl/α,β-unsaturated/α-hetero) is 1. The topological polar surface area (TPSA) is 95.9 Å². The maximum absolute atomic E-state index is 13.6. The van der Waals surface area contributed by atoms with Crippen LogP contribution in [-0.2, 0) is 15.1 Å². The molecule has 2 heterocycles. The van der Waals surface area contributed by atoms with Crippen molar-refractivity contribution in [3.63, 3.8) is 0 Å². The Bertz CT molecular complexity index is 988. The highest BCUT2D eigenvalue weighted by atomic mass is 16.5. The van der Waals surface area contributed by atoms with E-state index in [0.29, 0.717) is 22.6 Å². The molecule has 1 fully saturated rings. The number of imide groups is 1. The molecule has 0 spiro atoms. The van der Waals surface area contributed by atoms with Gasteiger partial charge in [0, 0.05) is 17.8 Å². The minimum atomic E-state index is -1.62. The highest BCUT2D eigenvalue weighted by Gasteiger charge is 2.63. The van der Waals surface area contributed by atoms with E-state index in [-0.39, 0.29) is 12.3 Å². The van der Waals surface area contributed by atoms with Gasteiger partial charge in [-0.25, -0.2) is 0 Å². The van der Waals surface area contributed by atoms with Gasteiger partial charge in [-0.05, 0) is 36.8 Å². The third-order valence-electron chi connectivity index (χ3n) is 5.54. The summed E-state index contributed by atoms with van der Waals surface area (Å²) in [5.74, 6) is -2.41. The molecule has 7 nitrogen and oxygen atoms in total. The molecular formula is C21H20N2O5. The number of rotatable bonds is 4. The number of hydrogen-bond acceptors (Lipinski definition) is 6. The van der Waals surface area contributed by atoms with Gasteiger partial charge in [0.15, 0.2) is 5.78 Å². The number of ketones is 1. The number of carbonyl (C=O) groups is 3. The number of aliphatic hydroxyl groups excluding tert-OH is 1. The van der Waals surface area contributed by atoms with Crippen LogP contribution in [0.3, 0.4) is 0 Å². The van der Waals surface area contributed by atoms with E-state index in [9.17, 15) is 19.5 Å². The number of aliphatic hydroxyl groups is 1. The maximum Gasteiger partial charge on any atom is 0.258 e. The molecule has 2 aromatic carbocycles. The molecule has 28 heavy (non-hydrogen) atoms. The van der Waals surface area contributed by atoms with Crippen molar-refractivity contribution in [2.45, 2.75) is 18.6 Å². The van der Waals surface area contributed by atoms with Gasteiger partial charge in [0.1, 0.15) is 23.3 Å². The summed E-state index contributed by atoms with van der Waals surface area (Å²) in [6.45, 7) is 1.78. The Kier molecular flexibility index (Phi) is 4.19. The molecule has 3 unspecified atom stereocenters. The second-order valence-corrected chi connectivity index (χ2v) is 6.88. The average Bonchev–Trinajstić information content (AvgIpc) is 3.13. The molecule has 0 aliphatic carbocycles. The number of methoxy groups -OCH3 is 1. The van der Waals surface area contributed by atoms with Gasteiger partial charge in [-0.3, -0.25) is 19.3 Å². The largest absolute Gasteiger partial charge is 0.497 e. The lowest BCUT2D eigenvalue weighted by atomic mass is 9.73. The summed E-state index contributed by atoms with van der Waals surface area (Å²) in [6.07, 6.45) is -1.62. The van der Waals surface area contributed by atoms with E-state index in [2.05, 4.69) is 5.32 Å². The molecule has 2 aliphatic rings. The normalized spacial score (nSPS) is 26.4.